The average molecular weight is 455 g/mol. The van der Waals surface area contributed by atoms with Gasteiger partial charge in [0.05, 0.1) is 26.9 Å². The van der Waals surface area contributed by atoms with Gasteiger partial charge in [0.1, 0.15) is 4.83 Å². The molecule has 28 heavy (non-hydrogen) atoms. The number of thioether (sulfide) groups is 1. The Hall–Kier alpha value is -1.61. The number of rotatable bonds is 4. The lowest BCUT2D eigenvalue weighted by Crippen LogP contribution is -2.17. The molecule has 3 aromatic rings. The Kier molecular flexibility index (Phi) is 5.64. The number of carbonyl (C=O) groups excluding carboxylic acids is 1. The SMILES string of the molecule is Cc1nc(NC(=O)CSc2nc3sc4c(c3c(=O)[nH]2)CCCC4)c(Cl)cc1Cl. The molecule has 1 aliphatic carbocycles. The molecule has 146 valence electrons. The van der Waals surface area contributed by atoms with Crippen molar-refractivity contribution in [2.75, 3.05) is 11.1 Å². The monoisotopic (exact) mass is 454 g/mol. The fraction of sp³-hybridized carbons (Fsp3) is 0.333. The van der Waals surface area contributed by atoms with E-state index in [4.69, 9.17) is 23.2 Å². The molecule has 10 heteroatoms. The van der Waals surface area contributed by atoms with Crippen molar-refractivity contribution in [3.63, 3.8) is 0 Å². The zero-order valence-electron chi connectivity index (χ0n) is 14.9. The number of nitrogens with one attached hydrogen (secondary N) is 2. The summed E-state index contributed by atoms with van der Waals surface area (Å²) < 4.78 is 0. The average Bonchev–Trinajstić information content (AvgIpc) is 3.03. The maximum absolute atomic E-state index is 12.5. The van der Waals surface area contributed by atoms with Crippen molar-refractivity contribution in [3.05, 3.63) is 42.6 Å². The Morgan fingerprint density at radius 1 is 1.29 bits per heavy atom. The van der Waals surface area contributed by atoms with Crippen molar-refractivity contribution >= 4 is 68.2 Å². The summed E-state index contributed by atoms with van der Waals surface area (Å²) in [6.07, 6.45) is 4.20. The van der Waals surface area contributed by atoms with Crippen molar-refractivity contribution in [2.24, 2.45) is 0 Å². The summed E-state index contributed by atoms with van der Waals surface area (Å²) in [7, 11) is 0. The highest BCUT2D eigenvalue weighted by molar-refractivity contribution is 7.99. The predicted octanol–water partition coefficient (Wildman–Crippen LogP) is 4.60. The van der Waals surface area contributed by atoms with Gasteiger partial charge in [-0.2, -0.15) is 0 Å². The fourth-order valence-electron chi connectivity index (χ4n) is 3.16. The lowest BCUT2D eigenvalue weighted by Gasteiger charge is -2.09. The van der Waals surface area contributed by atoms with E-state index in [0.717, 1.165) is 36.1 Å². The first kappa shape index (κ1) is 19.7. The number of hydrogen-bond acceptors (Lipinski definition) is 6. The van der Waals surface area contributed by atoms with Gasteiger partial charge >= 0.3 is 0 Å². The third-order valence-corrected chi connectivity index (χ3v) is 7.24. The standard InChI is InChI=1S/C18H16Cl2N4O2S2/c1-8-10(19)6-11(20)15(21-8)22-13(25)7-27-18-23-16(26)14-9-4-2-3-5-12(9)28-17(14)24-18/h6H,2-5,7H2,1H3,(H,21,22,25)(H,23,24,26). The number of aromatic nitrogens is 3. The van der Waals surface area contributed by atoms with E-state index >= 15 is 0 Å². The molecule has 0 saturated carbocycles. The van der Waals surface area contributed by atoms with Crippen molar-refractivity contribution in [3.8, 4) is 0 Å². The topological polar surface area (TPSA) is 87.7 Å². The normalized spacial score (nSPS) is 13.5. The van der Waals surface area contributed by atoms with Gasteiger partial charge in [0.2, 0.25) is 5.91 Å². The van der Waals surface area contributed by atoms with E-state index in [2.05, 4.69) is 20.3 Å². The van der Waals surface area contributed by atoms with Crippen LogP contribution in [0.5, 0.6) is 0 Å². The van der Waals surface area contributed by atoms with Crippen LogP contribution in [0, 0.1) is 6.92 Å². The summed E-state index contributed by atoms with van der Waals surface area (Å²) in [5, 5.41) is 4.50. The van der Waals surface area contributed by atoms with Gasteiger partial charge < -0.3 is 10.3 Å². The van der Waals surface area contributed by atoms with E-state index in [1.54, 1.807) is 24.3 Å². The number of nitrogens with zero attached hydrogens (tertiary/aromatic N) is 2. The van der Waals surface area contributed by atoms with Crippen LogP contribution in [-0.2, 0) is 17.6 Å². The first-order valence-corrected chi connectivity index (χ1v) is 11.3. The van der Waals surface area contributed by atoms with Gasteiger partial charge in [-0.1, -0.05) is 35.0 Å². The summed E-state index contributed by atoms with van der Waals surface area (Å²) in [5.41, 5.74) is 1.59. The summed E-state index contributed by atoms with van der Waals surface area (Å²) in [5.74, 6) is 0.0329. The van der Waals surface area contributed by atoms with Crippen LogP contribution in [0.25, 0.3) is 10.2 Å². The number of anilines is 1. The number of aromatic amines is 1. The molecule has 0 fully saturated rings. The largest absolute Gasteiger partial charge is 0.309 e. The number of fused-ring (bicyclic) bond motifs is 3. The van der Waals surface area contributed by atoms with Crippen molar-refractivity contribution < 1.29 is 4.79 Å². The predicted molar refractivity (Wildman–Crippen MR) is 115 cm³/mol. The zero-order chi connectivity index (χ0) is 19.8. The third-order valence-electron chi connectivity index (χ3n) is 4.51. The molecule has 0 aromatic carbocycles. The number of aryl methyl sites for hydroxylation is 3. The van der Waals surface area contributed by atoms with Gasteiger partial charge in [-0.25, -0.2) is 9.97 Å². The maximum Gasteiger partial charge on any atom is 0.260 e. The molecule has 2 N–H and O–H groups in total. The van der Waals surface area contributed by atoms with E-state index in [1.807, 2.05) is 0 Å². The van der Waals surface area contributed by atoms with Crippen molar-refractivity contribution in [2.45, 2.75) is 37.8 Å². The smallest absolute Gasteiger partial charge is 0.260 e. The highest BCUT2D eigenvalue weighted by Crippen LogP contribution is 2.34. The maximum atomic E-state index is 12.5. The van der Waals surface area contributed by atoms with Gasteiger partial charge in [0.15, 0.2) is 11.0 Å². The molecule has 0 saturated heterocycles. The molecular weight excluding hydrogens is 439 g/mol. The number of hydrogen-bond donors (Lipinski definition) is 2. The third kappa shape index (κ3) is 3.91. The molecule has 1 aliphatic rings. The molecule has 0 aliphatic heterocycles. The second-order valence-electron chi connectivity index (χ2n) is 6.49. The minimum Gasteiger partial charge on any atom is -0.309 e. The second kappa shape index (κ2) is 8.02. The van der Waals surface area contributed by atoms with E-state index < -0.39 is 0 Å². The second-order valence-corrected chi connectivity index (χ2v) is 9.35. The first-order valence-electron chi connectivity index (χ1n) is 8.72. The van der Waals surface area contributed by atoms with Gasteiger partial charge in [-0.3, -0.25) is 9.59 Å². The van der Waals surface area contributed by atoms with E-state index in [9.17, 15) is 9.59 Å². The van der Waals surface area contributed by atoms with Gasteiger partial charge in [0, 0.05) is 4.88 Å². The Labute approximate surface area is 179 Å². The number of carbonyl (C=O) groups is 1. The van der Waals surface area contributed by atoms with Crippen LogP contribution in [0.2, 0.25) is 10.0 Å². The highest BCUT2D eigenvalue weighted by Gasteiger charge is 2.20. The van der Waals surface area contributed by atoms with Crippen LogP contribution in [0.4, 0.5) is 5.82 Å². The van der Waals surface area contributed by atoms with E-state index in [1.165, 1.54) is 16.6 Å². The number of halogens is 2. The quantitative estimate of drug-likeness (QED) is 0.443. The Morgan fingerprint density at radius 3 is 2.89 bits per heavy atom. The van der Waals surface area contributed by atoms with Crippen LogP contribution in [0.1, 0.15) is 29.0 Å². The summed E-state index contributed by atoms with van der Waals surface area (Å²) in [4.78, 5) is 38.3. The van der Waals surface area contributed by atoms with Gasteiger partial charge in [-0.05, 0) is 44.2 Å². The molecule has 4 rings (SSSR count). The van der Waals surface area contributed by atoms with Gasteiger partial charge in [0.25, 0.3) is 5.56 Å². The van der Waals surface area contributed by atoms with Crippen LogP contribution in [-0.4, -0.2) is 26.6 Å². The lowest BCUT2D eigenvalue weighted by atomic mass is 9.97. The fourth-order valence-corrected chi connectivity index (χ4v) is 5.55. The van der Waals surface area contributed by atoms with Crippen LogP contribution in [0.3, 0.4) is 0 Å². The van der Waals surface area contributed by atoms with Crippen molar-refractivity contribution in [1.82, 2.24) is 15.0 Å². The van der Waals surface area contributed by atoms with E-state index in [-0.39, 0.29) is 28.1 Å². The molecule has 0 atom stereocenters. The molecule has 3 heterocycles. The number of amides is 1. The molecule has 3 aromatic heterocycles. The molecule has 0 unspecified atom stereocenters. The van der Waals surface area contributed by atoms with Crippen molar-refractivity contribution in [1.29, 1.82) is 0 Å². The summed E-state index contributed by atoms with van der Waals surface area (Å²) in [6.45, 7) is 1.73. The minimum atomic E-state index is -0.297. The zero-order valence-corrected chi connectivity index (χ0v) is 18.0. The number of pyridine rings is 1. The molecule has 1 amide bonds. The van der Waals surface area contributed by atoms with E-state index in [0.29, 0.717) is 21.3 Å². The van der Waals surface area contributed by atoms with Gasteiger partial charge in [-0.15, -0.1) is 11.3 Å². The summed E-state index contributed by atoms with van der Waals surface area (Å²) >= 11 is 14.8. The Morgan fingerprint density at radius 2 is 2.07 bits per heavy atom. The summed E-state index contributed by atoms with van der Waals surface area (Å²) in [6, 6.07) is 1.54. The number of thiophene rings is 1. The molecule has 6 nitrogen and oxygen atoms in total. The van der Waals surface area contributed by atoms with Crippen LogP contribution >= 0.6 is 46.3 Å². The molecule has 0 radical (unpaired) electrons. The highest BCUT2D eigenvalue weighted by atomic mass is 35.5. The lowest BCUT2D eigenvalue weighted by molar-refractivity contribution is -0.113. The molecule has 0 bridgehead atoms. The Bertz CT molecular complexity index is 1140. The minimum absolute atomic E-state index is 0.0687. The molecular formula is C18H16Cl2N4O2S2. The first-order chi connectivity index (χ1) is 13.4. The van der Waals surface area contributed by atoms with Crippen LogP contribution in [0.15, 0.2) is 16.0 Å². The molecule has 0 spiro atoms. The Balaban J connectivity index is 1.49. The number of H-pyrrole nitrogens is 1. The van der Waals surface area contributed by atoms with Crippen LogP contribution < -0.4 is 10.9 Å².